The maximum atomic E-state index is 11.3. The largest absolute Gasteiger partial charge is 0.352 e. The maximum Gasteiger partial charge on any atom is 0.292 e. The van der Waals surface area contributed by atoms with E-state index in [1.54, 1.807) is 0 Å². The third kappa shape index (κ3) is 2.46. The minimum atomic E-state index is -0.560. The van der Waals surface area contributed by atoms with Crippen LogP contribution in [0.3, 0.4) is 0 Å². The Bertz CT molecular complexity index is 394. The van der Waals surface area contributed by atoms with Crippen molar-refractivity contribution >= 4 is 5.91 Å². The van der Waals surface area contributed by atoms with E-state index in [4.69, 9.17) is 10.3 Å². The van der Waals surface area contributed by atoms with Gasteiger partial charge in [0, 0.05) is 7.05 Å². The average molecular weight is 238 g/mol. The fourth-order valence-electron chi connectivity index (χ4n) is 2.20. The van der Waals surface area contributed by atoms with Crippen LogP contribution in [-0.2, 0) is 5.54 Å². The second kappa shape index (κ2) is 4.83. The van der Waals surface area contributed by atoms with E-state index in [9.17, 15) is 4.79 Å². The first-order valence-electron chi connectivity index (χ1n) is 6.01. The molecule has 0 bridgehead atoms. The number of nitrogens with zero attached hydrogens (tertiary/aromatic N) is 2. The molecular formula is C11H18N4O2. The van der Waals surface area contributed by atoms with E-state index in [0.29, 0.717) is 5.89 Å². The lowest BCUT2D eigenvalue weighted by Crippen LogP contribution is -2.36. The number of aromatic nitrogens is 2. The van der Waals surface area contributed by atoms with E-state index >= 15 is 0 Å². The topological polar surface area (TPSA) is 94.0 Å². The van der Waals surface area contributed by atoms with Gasteiger partial charge in [0.25, 0.3) is 11.7 Å². The van der Waals surface area contributed by atoms with Crippen molar-refractivity contribution in [3.8, 4) is 0 Å². The first kappa shape index (κ1) is 12.0. The lowest BCUT2D eigenvalue weighted by atomic mass is 9.91. The summed E-state index contributed by atoms with van der Waals surface area (Å²) in [5, 5.41) is 6.12. The highest BCUT2D eigenvalue weighted by molar-refractivity contribution is 5.89. The molecule has 0 spiro atoms. The number of nitrogens with one attached hydrogen (secondary N) is 1. The smallest absolute Gasteiger partial charge is 0.292 e. The predicted octanol–water partition coefficient (Wildman–Crippen LogP) is 0.937. The number of nitrogens with two attached hydrogens (primary N) is 1. The van der Waals surface area contributed by atoms with Gasteiger partial charge in [0.15, 0.2) is 0 Å². The van der Waals surface area contributed by atoms with Crippen molar-refractivity contribution < 1.29 is 9.32 Å². The molecule has 6 nitrogen and oxygen atoms in total. The number of rotatable bonds is 2. The van der Waals surface area contributed by atoms with Gasteiger partial charge >= 0.3 is 0 Å². The van der Waals surface area contributed by atoms with Crippen LogP contribution in [0.4, 0.5) is 0 Å². The molecule has 0 radical (unpaired) electrons. The zero-order valence-electron chi connectivity index (χ0n) is 10.0. The molecular weight excluding hydrogens is 220 g/mol. The van der Waals surface area contributed by atoms with Gasteiger partial charge in [0.2, 0.25) is 5.89 Å². The van der Waals surface area contributed by atoms with E-state index in [1.165, 1.54) is 19.9 Å². The van der Waals surface area contributed by atoms with Gasteiger partial charge in [-0.25, -0.2) is 0 Å². The first-order valence-corrected chi connectivity index (χ1v) is 6.01. The van der Waals surface area contributed by atoms with Gasteiger partial charge in [-0.2, -0.15) is 4.98 Å². The normalized spacial score (nSPS) is 19.6. The van der Waals surface area contributed by atoms with Crippen LogP contribution in [0, 0.1) is 0 Å². The summed E-state index contributed by atoms with van der Waals surface area (Å²) in [5.74, 6) is 0.0896. The molecule has 0 aromatic carbocycles. The lowest BCUT2D eigenvalue weighted by molar-refractivity contribution is 0.0950. The highest BCUT2D eigenvalue weighted by Crippen LogP contribution is 2.32. The molecule has 0 saturated heterocycles. The van der Waals surface area contributed by atoms with Gasteiger partial charge in [-0.15, -0.1) is 0 Å². The zero-order chi connectivity index (χ0) is 12.3. The summed E-state index contributed by atoms with van der Waals surface area (Å²) in [6.07, 6.45) is 6.18. The van der Waals surface area contributed by atoms with Crippen LogP contribution in [0.5, 0.6) is 0 Å². The highest BCUT2D eigenvalue weighted by atomic mass is 16.5. The predicted molar refractivity (Wildman–Crippen MR) is 61.3 cm³/mol. The quantitative estimate of drug-likeness (QED) is 0.748. The molecule has 17 heavy (non-hydrogen) atoms. The number of amides is 1. The Morgan fingerprint density at radius 2 is 2.00 bits per heavy atom. The van der Waals surface area contributed by atoms with Crippen molar-refractivity contribution in [2.24, 2.45) is 5.73 Å². The van der Waals surface area contributed by atoms with Gasteiger partial charge < -0.3 is 15.6 Å². The summed E-state index contributed by atoms with van der Waals surface area (Å²) < 4.78 is 5.14. The van der Waals surface area contributed by atoms with Gasteiger partial charge in [-0.1, -0.05) is 30.8 Å². The Kier molecular flexibility index (Phi) is 3.42. The van der Waals surface area contributed by atoms with Crippen molar-refractivity contribution in [2.45, 2.75) is 44.1 Å². The number of carbonyl (C=O) groups is 1. The fourth-order valence-corrected chi connectivity index (χ4v) is 2.20. The van der Waals surface area contributed by atoms with E-state index in [2.05, 4.69) is 15.5 Å². The Morgan fingerprint density at radius 3 is 2.59 bits per heavy atom. The molecule has 0 unspecified atom stereocenters. The first-order chi connectivity index (χ1) is 8.15. The molecule has 1 aromatic heterocycles. The van der Waals surface area contributed by atoms with Gasteiger partial charge in [0.1, 0.15) is 0 Å². The molecule has 3 N–H and O–H groups in total. The summed E-state index contributed by atoms with van der Waals surface area (Å²) in [6, 6.07) is 0. The highest BCUT2D eigenvalue weighted by Gasteiger charge is 2.34. The van der Waals surface area contributed by atoms with Crippen LogP contribution in [0.15, 0.2) is 4.52 Å². The van der Waals surface area contributed by atoms with Crippen molar-refractivity contribution in [1.29, 1.82) is 0 Å². The molecule has 94 valence electrons. The number of hydrogen-bond acceptors (Lipinski definition) is 5. The maximum absolute atomic E-state index is 11.3. The summed E-state index contributed by atoms with van der Waals surface area (Å²) in [7, 11) is 1.53. The van der Waals surface area contributed by atoms with Crippen molar-refractivity contribution in [2.75, 3.05) is 7.05 Å². The molecule has 6 heteroatoms. The molecule has 1 fully saturated rings. The summed E-state index contributed by atoms with van der Waals surface area (Å²) in [6.45, 7) is 0. The van der Waals surface area contributed by atoms with Gasteiger partial charge in [-0.05, 0) is 12.8 Å². The monoisotopic (exact) mass is 238 g/mol. The average Bonchev–Trinajstić information content (AvgIpc) is 2.73. The third-order valence-electron chi connectivity index (χ3n) is 3.28. The Morgan fingerprint density at radius 1 is 1.35 bits per heavy atom. The molecule has 1 heterocycles. The second-order valence-corrected chi connectivity index (χ2v) is 4.57. The van der Waals surface area contributed by atoms with Gasteiger partial charge in [0.05, 0.1) is 5.54 Å². The molecule has 1 aliphatic carbocycles. The molecule has 2 rings (SSSR count). The SMILES string of the molecule is CNC(=O)c1noc(C2(N)CCCCCC2)n1. The van der Waals surface area contributed by atoms with Crippen LogP contribution in [0.25, 0.3) is 0 Å². The van der Waals surface area contributed by atoms with Crippen LogP contribution >= 0.6 is 0 Å². The Labute approximate surface area is 99.9 Å². The zero-order valence-corrected chi connectivity index (χ0v) is 10.0. The summed E-state index contributed by atoms with van der Waals surface area (Å²) >= 11 is 0. The molecule has 1 aliphatic rings. The second-order valence-electron chi connectivity index (χ2n) is 4.57. The number of carbonyl (C=O) groups excluding carboxylic acids is 1. The van der Waals surface area contributed by atoms with E-state index in [-0.39, 0.29) is 11.7 Å². The Hall–Kier alpha value is -1.43. The van der Waals surface area contributed by atoms with Gasteiger partial charge in [-0.3, -0.25) is 4.79 Å². The van der Waals surface area contributed by atoms with Crippen LogP contribution in [0.2, 0.25) is 0 Å². The van der Waals surface area contributed by atoms with Crippen LogP contribution in [0.1, 0.15) is 55.0 Å². The molecule has 1 aromatic rings. The lowest BCUT2D eigenvalue weighted by Gasteiger charge is -2.22. The fraction of sp³-hybridized carbons (Fsp3) is 0.727. The van der Waals surface area contributed by atoms with Crippen LogP contribution < -0.4 is 11.1 Å². The molecule has 0 atom stereocenters. The minimum absolute atomic E-state index is 0.0524. The summed E-state index contributed by atoms with van der Waals surface area (Å²) in [4.78, 5) is 15.4. The van der Waals surface area contributed by atoms with E-state index in [0.717, 1.165) is 25.7 Å². The number of hydrogen-bond donors (Lipinski definition) is 2. The standard InChI is InChI=1S/C11H18N4O2/c1-13-9(16)8-14-10(17-15-8)11(12)6-4-2-3-5-7-11/h2-7,12H2,1H3,(H,13,16). The van der Waals surface area contributed by atoms with Crippen molar-refractivity contribution in [1.82, 2.24) is 15.5 Å². The minimum Gasteiger partial charge on any atom is -0.352 e. The Balaban J connectivity index is 2.20. The molecule has 0 aliphatic heterocycles. The third-order valence-corrected chi connectivity index (χ3v) is 3.28. The molecule has 1 saturated carbocycles. The van der Waals surface area contributed by atoms with Crippen molar-refractivity contribution in [3.05, 3.63) is 11.7 Å². The summed E-state index contributed by atoms with van der Waals surface area (Å²) in [5.41, 5.74) is 5.75. The van der Waals surface area contributed by atoms with Crippen molar-refractivity contribution in [3.63, 3.8) is 0 Å². The van der Waals surface area contributed by atoms with Crippen LogP contribution in [-0.4, -0.2) is 23.1 Å². The molecule has 1 amide bonds. The van der Waals surface area contributed by atoms with E-state index in [1.807, 2.05) is 0 Å². The van der Waals surface area contributed by atoms with E-state index < -0.39 is 5.54 Å².